The summed E-state index contributed by atoms with van der Waals surface area (Å²) >= 11 is 0. The van der Waals surface area contributed by atoms with E-state index in [0.29, 0.717) is 17.6 Å². The number of nitriles is 1. The molecule has 0 aliphatic carbocycles. The molecule has 1 saturated heterocycles. The summed E-state index contributed by atoms with van der Waals surface area (Å²) in [5.74, 6) is -0.219. The molecule has 2 aromatic rings. The van der Waals surface area contributed by atoms with Gasteiger partial charge in [-0.05, 0) is 48.7 Å². The first kappa shape index (κ1) is 20.4. The lowest BCUT2D eigenvalue weighted by Gasteiger charge is -2.44. The number of benzene rings is 2. The number of rotatable bonds is 4. The largest absolute Gasteiger partial charge is 0.311 e. The maximum Gasteiger partial charge on any atom is 0.123 e. The molecular formula is C21H25ClFN3. The lowest BCUT2D eigenvalue weighted by Crippen LogP contribution is -2.56. The van der Waals surface area contributed by atoms with E-state index in [0.717, 1.165) is 30.6 Å². The molecule has 1 heterocycles. The summed E-state index contributed by atoms with van der Waals surface area (Å²) in [6.07, 6.45) is 1.05. The second kappa shape index (κ2) is 9.14. The molecule has 1 aliphatic rings. The van der Waals surface area contributed by atoms with Crippen LogP contribution < -0.4 is 5.32 Å². The van der Waals surface area contributed by atoms with Gasteiger partial charge in [0.1, 0.15) is 5.82 Å². The van der Waals surface area contributed by atoms with Crippen LogP contribution >= 0.6 is 12.4 Å². The van der Waals surface area contributed by atoms with Gasteiger partial charge in [0, 0.05) is 25.2 Å². The van der Waals surface area contributed by atoms with Gasteiger partial charge in [-0.2, -0.15) is 5.26 Å². The van der Waals surface area contributed by atoms with E-state index in [1.807, 2.05) is 36.4 Å². The summed E-state index contributed by atoms with van der Waals surface area (Å²) in [6, 6.07) is 17.6. The first-order chi connectivity index (χ1) is 12.1. The van der Waals surface area contributed by atoms with E-state index in [4.69, 9.17) is 5.26 Å². The van der Waals surface area contributed by atoms with Crippen molar-refractivity contribution < 1.29 is 4.39 Å². The molecule has 1 unspecified atom stereocenters. The lowest BCUT2D eigenvalue weighted by molar-refractivity contribution is 0.0996. The third-order valence-corrected chi connectivity index (χ3v) is 5.00. The molecule has 1 fully saturated rings. The quantitative estimate of drug-likeness (QED) is 0.869. The molecule has 0 spiro atoms. The molecular weight excluding hydrogens is 349 g/mol. The molecule has 0 amide bonds. The molecule has 138 valence electrons. The van der Waals surface area contributed by atoms with Crippen molar-refractivity contribution >= 4 is 12.4 Å². The summed E-state index contributed by atoms with van der Waals surface area (Å²) < 4.78 is 13.4. The van der Waals surface area contributed by atoms with Crippen molar-refractivity contribution in [2.24, 2.45) is 0 Å². The van der Waals surface area contributed by atoms with Gasteiger partial charge in [0.05, 0.1) is 17.7 Å². The Morgan fingerprint density at radius 3 is 2.27 bits per heavy atom. The number of nitrogens with one attached hydrogen (secondary N) is 1. The van der Waals surface area contributed by atoms with Crippen LogP contribution in [0.3, 0.4) is 0 Å². The Bertz CT molecular complexity index is 739. The Balaban J connectivity index is 0.00000243. The highest BCUT2D eigenvalue weighted by Gasteiger charge is 2.32. The van der Waals surface area contributed by atoms with Crippen molar-refractivity contribution in [3.8, 4) is 6.07 Å². The van der Waals surface area contributed by atoms with Gasteiger partial charge >= 0.3 is 0 Å². The molecule has 3 nitrogen and oxygen atoms in total. The van der Waals surface area contributed by atoms with Crippen LogP contribution in [-0.2, 0) is 0 Å². The Morgan fingerprint density at radius 1 is 1.15 bits per heavy atom. The zero-order valence-electron chi connectivity index (χ0n) is 15.2. The number of nitrogens with zero attached hydrogens (tertiary/aromatic N) is 2. The van der Waals surface area contributed by atoms with E-state index in [-0.39, 0.29) is 24.3 Å². The average Bonchev–Trinajstić information content (AvgIpc) is 2.64. The maximum atomic E-state index is 13.4. The van der Waals surface area contributed by atoms with Crippen molar-refractivity contribution in [3.05, 3.63) is 71.0 Å². The van der Waals surface area contributed by atoms with E-state index < -0.39 is 0 Å². The number of piperazine rings is 1. The maximum absolute atomic E-state index is 13.4. The predicted octanol–water partition coefficient (Wildman–Crippen LogP) is 4.28. The molecule has 26 heavy (non-hydrogen) atoms. The van der Waals surface area contributed by atoms with Crippen molar-refractivity contribution in [1.29, 1.82) is 5.26 Å². The predicted molar refractivity (Wildman–Crippen MR) is 105 cm³/mol. The standard InChI is InChI=1S/C21H24FN3.ClH/c1-3-20-13-24-15(2)14-25(20)21(18-8-10-19(22)11-9-18)17-6-4-16(12-23)5-7-17;/h4-11,15,20-21,24H,3,13-14H2,1-2H3;1H/t15-,20+,21?;/m0./s1. The Labute approximate surface area is 161 Å². The number of hydrogen-bond donors (Lipinski definition) is 1. The van der Waals surface area contributed by atoms with E-state index in [1.165, 1.54) is 12.1 Å². The van der Waals surface area contributed by atoms with Gasteiger partial charge in [-0.3, -0.25) is 4.90 Å². The average molecular weight is 374 g/mol. The topological polar surface area (TPSA) is 39.1 Å². The summed E-state index contributed by atoms with van der Waals surface area (Å²) in [6.45, 7) is 6.28. The van der Waals surface area contributed by atoms with Crippen molar-refractivity contribution in [2.45, 2.75) is 38.4 Å². The zero-order valence-corrected chi connectivity index (χ0v) is 16.0. The van der Waals surface area contributed by atoms with Gasteiger partial charge in [-0.25, -0.2) is 4.39 Å². The highest BCUT2D eigenvalue weighted by molar-refractivity contribution is 5.85. The van der Waals surface area contributed by atoms with Gasteiger partial charge in [0.15, 0.2) is 0 Å². The van der Waals surface area contributed by atoms with Gasteiger partial charge < -0.3 is 5.32 Å². The van der Waals surface area contributed by atoms with Crippen molar-refractivity contribution in [1.82, 2.24) is 10.2 Å². The van der Waals surface area contributed by atoms with Crippen LogP contribution in [0.15, 0.2) is 48.5 Å². The minimum atomic E-state index is -0.219. The van der Waals surface area contributed by atoms with Crippen LogP contribution in [0.1, 0.15) is 43.0 Å². The second-order valence-electron chi connectivity index (χ2n) is 6.76. The molecule has 0 aromatic heterocycles. The molecule has 0 saturated carbocycles. The Hall–Kier alpha value is -1.93. The number of hydrogen-bond acceptors (Lipinski definition) is 3. The van der Waals surface area contributed by atoms with Crippen LogP contribution in [0.25, 0.3) is 0 Å². The second-order valence-corrected chi connectivity index (χ2v) is 6.76. The minimum absolute atomic E-state index is 0. The van der Waals surface area contributed by atoms with Gasteiger partial charge in [-0.15, -0.1) is 12.4 Å². The smallest absolute Gasteiger partial charge is 0.123 e. The fourth-order valence-electron chi connectivity index (χ4n) is 3.64. The molecule has 0 bridgehead atoms. The molecule has 0 radical (unpaired) electrons. The van der Waals surface area contributed by atoms with Crippen LogP contribution in [0.2, 0.25) is 0 Å². The fraction of sp³-hybridized carbons (Fsp3) is 0.381. The van der Waals surface area contributed by atoms with Gasteiger partial charge in [0.2, 0.25) is 0 Å². The molecule has 5 heteroatoms. The fourth-order valence-corrected chi connectivity index (χ4v) is 3.64. The van der Waals surface area contributed by atoms with Gasteiger partial charge in [0.25, 0.3) is 0 Å². The summed E-state index contributed by atoms with van der Waals surface area (Å²) in [4.78, 5) is 2.51. The van der Waals surface area contributed by atoms with E-state index >= 15 is 0 Å². The number of halogens is 2. The SMILES string of the molecule is CC[C@@H]1CN[C@@H](C)CN1C(c1ccc(F)cc1)c1ccc(C#N)cc1.Cl. The molecule has 1 N–H and O–H groups in total. The third kappa shape index (κ3) is 4.42. The van der Waals surface area contributed by atoms with E-state index in [9.17, 15) is 4.39 Å². The van der Waals surface area contributed by atoms with Crippen LogP contribution in [-0.4, -0.2) is 30.1 Å². The zero-order chi connectivity index (χ0) is 17.8. The van der Waals surface area contributed by atoms with Gasteiger partial charge in [-0.1, -0.05) is 31.2 Å². The van der Waals surface area contributed by atoms with Crippen molar-refractivity contribution in [3.63, 3.8) is 0 Å². The highest BCUT2D eigenvalue weighted by Crippen LogP contribution is 2.32. The summed E-state index contributed by atoms with van der Waals surface area (Å²) in [5.41, 5.74) is 2.87. The monoisotopic (exact) mass is 373 g/mol. The van der Waals surface area contributed by atoms with Crippen LogP contribution in [0.5, 0.6) is 0 Å². The van der Waals surface area contributed by atoms with Crippen molar-refractivity contribution in [2.75, 3.05) is 13.1 Å². The molecule has 3 atom stereocenters. The van der Waals surface area contributed by atoms with Crippen LogP contribution in [0.4, 0.5) is 4.39 Å². The molecule has 2 aromatic carbocycles. The summed E-state index contributed by atoms with van der Waals surface area (Å²) in [5, 5.41) is 12.6. The molecule has 3 rings (SSSR count). The Kier molecular flexibility index (Phi) is 7.16. The minimum Gasteiger partial charge on any atom is -0.311 e. The first-order valence-electron chi connectivity index (χ1n) is 8.87. The highest BCUT2D eigenvalue weighted by atomic mass is 35.5. The molecule has 1 aliphatic heterocycles. The van der Waals surface area contributed by atoms with E-state index in [1.54, 1.807) is 0 Å². The lowest BCUT2D eigenvalue weighted by atomic mass is 9.92. The third-order valence-electron chi connectivity index (χ3n) is 5.00. The Morgan fingerprint density at radius 2 is 1.73 bits per heavy atom. The normalized spacial score (nSPS) is 21.5. The van der Waals surface area contributed by atoms with E-state index in [2.05, 4.69) is 30.1 Å². The summed E-state index contributed by atoms with van der Waals surface area (Å²) in [7, 11) is 0. The first-order valence-corrected chi connectivity index (χ1v) is 8.87. The van der Waals surface area contributed by atoms with Crippen LogP contribution in [0, 0.1) is 17.1 Å².